The van der Waals surface area contributed by atoms with Crippen molar-refractivity contribution in [2.75, 3.05) is 47.5 Å². The van der Waals surface area contributed by atoms with E-state index in [2.05, 4.69) is 50.3 Å². The Morgan fingerprint density at radius 1 is 0.352 bits per heavy atom. The highest BCUT2D eigenvalue weighted by Crippen LogP contribution is 2.43. The predicted octanol–water partition coefficient (Wildman–Crippen LogP) is 25.4. The number of nitrogens with zero attached hydrogens (tertiary/aromatic N) is 1. The molecule has 520 valence electrons. The van der Waals surface area contributed by atoms with Crippen LogP contribution >= 0.6 is 7.82 Å². The van der Waals surface area contributed by atoms with Crippen LogP contribution in [0.1, 0.15) is 399 Å². The largest absolute Gasteiger partial charge is 0.472 e. The minimum Gasteiger partial charge on any atom is -0.462 e. The summed E-state index contributed by atoms with van der Waals surface area (Å²) in [5.74, 6) is -0.774. The van der Waals surface area contributed by atoms with Crippen molar-refractivity contribution in [1.29, 1.82) is 0 Å². The fourth-order valence-electron chi connectivity index (χ4n) is 11.7. The number of ether oxygens (including phenoxy) is 2. The van der Waals surface area contributed by atoms with E-state index in [1.54, 1.807) is 0 Å². The number of hydrogen-bond donors (Lipinski definition) is 1. The van der Waals surface area contributed by atoms with E-state index < -0.39 is 26.5 Å². The summed E-state index contributed by atoms with van der Waals surface area (Å²) >= 11 is 0. The molecular weight excluding hydrogens is 1110 g/mol. The number of phosphoric acid groups is 1. The molecule has 2 atom stereocenters. The Balaban J connectivity index is 3.94. The Labute approximate surface area is 548 Å². The summed E-state index contributed by atoms with van der Waals surface area (Å²) in [7, 11) is 1.50. The van der Waals surface area contributed by atoms with Gasteiger partial charge in [-0.05, 0) is 51.4 Å². The average molecular weight is 1260 g/mol. The van der Waals surface area contributed by atoms with Crippen molar-refractivity contribution in [1.82, 2.24) is 0 Å². The average Bonchev–Trinajstić information content (AvgIpc) is 3.68. The fourth-order valence-corrected chi connectivity index (χ4v) is 12.5. The predicted molar refractivity (Wildman–Crippen MR) is 381 cm³/mol. The number of quaternary nitrogens is 1. The lowest BCUT2D eigenvalue weighted by molar-refractivity contribution is -0.870. The summed E-state index contributed by atoms with van der Waals surface area (Å²) in [6.07, 6.45) is 90.0. The van der Waals surface area contributed by atoms with Crippen molar-refractivity contribution in [3.63, 3.8) is 0 Å². The molecule has 0 heterocycles. The SMILES string of the molecule is CCCCCCC/C=C\C/C=C\C/C=C\CCCCCCCCCCCCCCCCCCC(=O)OC(COC(=O)CCCCCCCCCCCCCCCCCCCCCCCCCCCCCCCCCCC)COP(=O)(O)OCC[N+](C)(C)C. The molecular formula is C78H151NO8P+. The molecule has 9 nitrogen and oxygen atoms in total. The smallest absolute Gasteiger partial charge is 0.462 e. The van der Waals surface area contributed by atoms with E-state index in [1.165, 1.54) is 321 Å². The number of allylic oxidation sites excluding steroid dienone is 6. The Morgan fingerprint density at radius 2 is 0.614 bits per heavy atom. The third kappa shape index (κ3) is 73.3. The Morgan fingerprint density at radius 3 is 0.909 bits per heavy atom. The monoisotopic (exact) mass is 1260 g/mol. The molecule has 0 saturated carbocycles. The molecule has 0 aliphatic heterocycles. The minimum absolute atomic E-state index is 0.0346. The highest BCUT2D eigenvalue weighted by atomic mass is 31.2. The lowest BCUT2D eigenvalue weighted by Crippen LogP contribution is -2.37. The molecule has 0 spiro atoms. The standard InChI is InChI=1S/C78H150NO8P/c1-6-8-10-12-14-16-18-20-22-24-26-28-30-32-34-36-38-39-41-42-44-46-48-50-52-54-56-58-60-62-64-66-68-70-77(80)84-74-76(75-86-88(82,83)85-73-72-79(3,4)5)87-78(81)71-69-67-65-63-61-59-57-55-53-51-49-47-45-43-40-37-35-33-31-29-27-25-23-21-19-17-15-13-11-9-7-2/h19,21,25,27,31,33,76H,6-18,20,22-24,26,28-30,32,34-75H2,1-5H3/p+1/b21-19-,27-25-,33-31-. The molecule has 0 bridgehead atoms. The zero-order valence-electron chi connectivity index (χ0n) is 59.5. The van der Waals surface area contributed by atoms with Gasteiger partial charge in [-0.3, -0.25) is 18.6 Å². The van der Waals surface area contributed by atoms with Crippen molar-refractivity contribution >= 4 is 19.8 Å². The maximum atomic E-state index is 12.9. The third-order valence-corrected chi connectivity index (χ3v) is 18.7. The number of unbranched alkanes of at least 4 members (excludes halogenated alkanes) is 53. The van der Waals surface area contributed by atoms with Crippen LogP contribution in [0.2, 0.25) is 0 Å². The molecule has 2 unspecified atom stereocenters. The fraction of sp³-hybridized carbons (Fsp3) is 0.897. The quantitative estimate of drug-likeness (QED) is 0.0211. The number of hydrogen-bond acceptors (Lipinski definition) is 7. The molecule has 0 aromatic carbocycles. The first kappa shape index (κ1) is 86.2. The van der Waals surface area contributed by atoms with Crippen molar-refractivity contribution < 1.29 is 42.1 Å². The summed E-state index contributed by atoms with van der Waals surface area (Å²) in [4.78, 5) is 35.9. The van der Waals surface area contributed by atoms with Crippen LogP contribution < -0.4 is 0 Å². The summed E-state index contributed by atoms with van der Waals surface area (Å²) in [6.45, 7) is 4.50. The number of phosphoric ester groups is 1. The molecule has 0 aliphatic rings. The summed E-state index contributed by atoms with van der Waals surface area (Å²) in [6, 6.07) is 0. The topological polar surface area (TPSA) is 108 Å². The van der Waals surface area contributed by atoms with Crippen LogP contribution in [0, 0.1) is 0 Å². The van der Waals surface area contributed by atoms with Gasteiger partial charge in [0.05, 0.1) is 27.7 Å². The van der Waals surface area contributed by atoms with E-state index in [9.17, 15) is 19.0 Å². The van der Waals surface area contributed by atoms with Crippen LogP contribution in [0.15, 0.2) is 36.5 Å². The third-order valence-electron chi connectivity index (χ3n) is 17.7. The summed E-state index contributed by atoms with van der Waals surface area (Å²) < 4.78 is 34.8. The maximum Gasteiger partial charge on any atom is 0.472 e. The molecule has 10 heteroatoms. The highest BCUT2D eigenvalue weighted by Gasteiger charge is 2.27. The summed E-state index contributed by atoms with van der Waals surface area (Å²) in [5.41, 5.74) is 0. The van der Waals surface area contributed by atoms with Crippen LogP contribution in [0.4, 0.5) is 0 Å². The number of rotatable bonds is 73. The lowest BCUT2D eigenvalue weighted by atomic mass is 10.0. The highest BCUT2D eigenvalue weighted by molar-refractivity contribution is 7.47. The van der Waals surface area contributed by atoms with E-state index in [0.29, 0.717) is 23.9 Å². The first-order valence-electron chi connectivity index (χ1n) is 38.7. The first-order valence-corrected chi connectivity index (χ1v) is 40.2. The van der Waals surface area contributed by atoms with Gasteiger partial charge in [0.15, 0.2) is 6.10 Å². The van der Waals surface area contributed by atoms with Gasteiger partial charge >= 0.3 is 19.8 Å². The van der Waals surface area contributed by atoms with Gasteiger partial charge < -0.3 is 18.9 Å². The van der Waals surface area contributed by atoms with Gasteiger partial charge in [-0.2, -0.15) is 0 Å². The van der Waals surface area contributed by atoms with Crippen molar-refractivity contribution in [3.05, 3.63) is 36.5 Å². The van der Waals surface area contributed by atoms with E-state index in [0.717, 1.165) is 44.9 Å². The minimum atomic E-state index is -4.39. The van der Waals surface area contributed by atoms with Gasteiger partial charge in [0, 0.05) is 12.8 Å². The second-order valence-electron chi connectivity index (χ2n) is 27.8. The van der Waals surface area contributed by atoms with Crippen molar-refractivity contribution in [3.8, 4) is 0 Å². The van der Waals surface area contributed by atoms with Crippen molar-refractivity contribution in [2.45, 2.75) is 405 Å². The Bertz CT molecular complexity index is 1580. The molecule has 1 N–H and O–H groups in total. The van der Waals surface area contributed by atoms with Crippen LogP contribution in [0.5, 0.6) is 0 Å². The van der Waals surface area contributed by atoms with E-state index >= 15 is 0 Å². The molecule has 0 radical (unpaired) electrons. The Kier molecular flexibility index (Phi) is 68.2. The zero-order valence-corrected chi connectivity index (χ0v) is 60.4. The number of carbonyl (C=O) groups is 2. The van der Waals surface area contributed by atoms with Crippen molar-refractivity contribution in [2.24, 2.45) is 0 Å². The normalized spacial score (nSPS) is 13.2. The van der Waals surface area contributed by atoms with Crippen LogP contribution in [0.25, 0.3) is 0 Å². The van der Waals surface area contributed by atoms with E-state index in [-0.39, 0.29) is 25.6 Å². The number of esters is 2. The number of carbonyl (C=O) groups excluding carboxylic acids is 2. The molecule has 0 amide bonds. The van der Waals surface area contributed by atoms with E-state index in [4.69, 9.17) is 18.5 Å². The van der Waals surface area contributed by atoms with Gasteiger partial charge in [0.25, 0.3) is 0 Å². The van der Waals surface area contributed by atoms with Crippen LogP contribution in [-0.4, -0.2) is 74.9 Å². The molecule has 0 fully saturated rings. The lowest BCUT2D eigenvalue weighted by Gasteiger charge is -2.24. The Hall–Kier alpha value is -1.77. The molecule has 88 heavy (non-hydrogen) atoms. The first-order chi connectivity index (χ1) is 43.0. The van der Waals surface area contributed by atoms with Gasteiger partial charge in [0.1, 0.15) is 19.8 Å². The molecule has 0 aromatic rings. The maximum absolute atomic E-state index is 12.9. The van der Waals surface area contributed by atoms with Gasteiger partial charge in [0.2, 0.25) is 0 Å². The van der Waals surface area contributed by atoms with Gasteiger partial charge in [-0.25, -0.2) is 4.57 Å². The number of likely N-dealkylation sites (N-methyl/N-ethyl adjacent to an activating group) is 1. The van der Waals surface area contributed by atoms with Crippen LogP contribution in [-0.2, 0) is 32.7 Å². The molecule has 0 saturated heterocycles. The second kappa shape index (κ2) is 69.6. The molecule has 0 aliphatic carbocycles. The van der Waals surface area contributed by atoms with Crippen LogP contribution in [0.3, 0.4) is 0 Å². The van der Waals surface area contributed by atoms with E-state index in [1.807, 2.05) is 21.1 Å². The van der Waals surface area contributed by atoms with Gasteiger partial charge in [-0.1, -0.05) is 371 Å². The van der Waals surface area contributed by atoms with Gasteiger partial charge in [-0.15, -0.1) is 0 Å². The second-order valence-corrected chi connectivity index (χ2v) is 29.2. The summed E-state index contributed by atoms with van der Waals surface area (Å²) in [5, 5.41) is 0. The molecule has 0 aromatic heterocycles. The molecule has 0 rings (SSSR count). The zero-order chi connectivity index (χ0) is 64.1.